The van der Waals surface area contributed by atoms with E-state index in [0.717, 1.165) is 60.6 Å². The number of imidazole rings is 1. The van der Waals surface area contributed by atoms with Crippen molar-refractivity contribution in [3.8, 4) is 22.8 Å². The van der Waals surface area contributed by atoms with Gasteiger partial charge in [0.25, 0.3) is 0 Å². The third kappa shape index (κ3) is 5.46. The number of rotatable bonds is 8. The highest BCUT2D eigenvalue weighted by Gasteiger charge is 2.35. The van der Waals surface area contributed by atoms with E-state index in [2.05, 4.69) is 41.2 Å². The quantitative estimate of drug-likeness (QED) is 0.272. The molecule has 0 amide bonds. The summed E-state index contributed by atoms with van der Waals surface area (Å²) in [5.74, 6) is 2.12. The van der Waals surface area contributed by atoms with Gasteiger partial charge in [0.05, 0.1) is 18.4 Å². The highest BCUT2D eigenvalue weighted by Crippen LogP contribution is 2.34. The van der Waals surface area contributed by atoms with E-state index >= 15 is 0 Å². The molecule has 1 unspecified atom stereocenters. The number of hydrogen-bond acceptors (Lipinski definition) is 6. The second-order valence-electron chi connectivity index (χ2n) is 10.8. The summed E-state index contributed by atoms with van der Waals surface area (Å²) in [5.41, 5.74) is 5.05. The molecule has 2 aromatic carbocycles. The Kier molecular flexibility index (Phi) is 6.83. The number of nitrogens with one attached hydrogen (secondary N) is 1. The van der Waals surface area contributed by atoms with Crippen LogP contribution in [-0.2, 0) is 37.6 Å². The molecule has 4 aromatic rings. The van der Waals surface area contributed by atoms with Crippen molar-refractivity contribution in [2.24, 2.45) is 7.05 Å². The van der Waals surface area contributed by atoms with E-state index in [1.165, 1.54) is 10.1 Å². The molecule has 0 radical (unpaired) electrons. The number of epoxide rings is 1. The molecular weight excluding hydrogens is 517 g/mol. The zero-order valence-corrected chi connectivity index (χ0v) is 22.7. The molecule has 2 aliphatic rings. The number of hydrogen-bond donors (Lipinski definition) is 1. The predicted molar refractivity (Wildman–Crippen MR) is 146 cm³/mol. The molecule has 4 heterocycles. The minimum Gasteiger partial charge on any atom is -0.372 e. The van der Waals surface area contributed by atoms with Crippen molar-refractivity contribution in [2.75, 3.05) is 18.5 Å². The summed E-state index contributed by atoms with van der Waals surface area (Å²) in [6.07, 6.45) is -3.18. The van der Waals surface area contributed by atoms with Gasteiger partial charge in [-0.15, -0.1) is 0 Å². The number of alkyl halides is 3. The van der Waals surface area contributed by atoms with Crippen molar-refractivity contribution < 1.29 is 17.9 Å². The first-order chi connectivity index (χ1) is 19.2. The molecule has 0 saturated carbocycles. The van der Waals surface area contributed by atoms with Crippen molar-refractivity contribution in [1.29, 1.82) is 0 Å². The van der Waals surface area contributed by atoms with E-state index in [-0.39, 0.29) is 5.82 Å². The van der Waals surface area contributed by atoms with Crippen LogP contribution >= 0.6 is 0 Å². The molecule has 40 heavy (non-hydrogen) atoms. The van der Waals surface area contributed by atoms with Gasteiger partial charge in [-0.2, -0.15) is 13.2 Å². The van der Waals surface area contributed by atoms with Gasteiger partial charge in [0, 0.05) is 56.1 Å². The molecule has 208 valence electrons. The van der Waals surface area contributed by atoms with E-state index in [4.69, 9.17) is 14.7 Å². The van der Waals surface area contributed by atoms with Crippen molar-refractivity contribution >= 4 is 5.82 Å². The van der Waals surface area contributed by atoms with Gasteiger partial charge in [0.15, 0.2) is 11.5 Å². The average molecular weight is 549 g/mol. The summed E-state index contributed by atoms with van der Waals surface area (Å²) in [7, 11) is 1.57. The Morgan fingerprint density at radius 3 is 2.45 bits per heavy atom. The van der Waals surface area contributed by atoms with Crippen LogP contribution in [0.25, 0.3) is 22.8 Å². The third-order valence-electron chi connectivity index (χ3n) is 7.37. The minimum absolute atomic E-state index is 0.272. The van der Waals surface area contributed by atoms with Crippen LogP contribution in [0.3, 0.4) is 0 Å². The van der Waals surface area contributed by atoms with Gasteiger partial charge in [-0.25, -0.2) is 15.0 Å². The van der Waals surface area contributed by atoms with Crippen LogP contribution in [0, 0.1) is 0 Å². The first-order valence-electron chi connectivity index (χ1n) is 13.4. The summed E-state index contributed by atoms with van der Waals surface area (Å²) in [6, 6.07) is 15.7. The number of anilines is 1. The minimum atomic E-state index is -4.48. The normalized spacial score (nSPS) is 16.9. The predicted octanol–water partition coefficient (Wildman–Crippen LogP) is 6.01. The fourth-order valence-corrected chi connectivity index (χ4v) is 5.21. The van der Waals surface area contributed by atoms with Gasteiger partial charge in [-0.3, -0.25) is 4.90 Å². The highest BCUT2D eigenvalue weighted by atomic mass is 19.4. The zero-order chi connectivity index (χ0) is 28.0. The number of halogens is 3. The maximum absolute atomic E-state index is 13.1. The van der Waals surface area contributed by atoms with Gasteiger partial charge in [-0.1, -0.05) is 62.4 Å². The van der Waals surface area contributed by atoms with Crippen LogP contribution in [-0.4, -0.2) is 43.7 Å². The lowest BCUT2D eigenvalue weighted by Crippen LogP contribution is -2.21. The maximum Gasteiger partial charge on any atom is 0.434 e. The molecule has 1 atom stereocenters. The van der Waals surface area contributed by atoms with Crippen molar-refractivity contribution in [1.82, 2.24) is 24.4 Å². The Hall–Kier alpha value is -3.76. The number of fused-ring (bicyclic) bond motifs is 1. The van der Waals surface area contributed by atoms with E-state index in [1.54, 1.807) is 19.2 Å². The Balaban J connectivity index is 1.26. The first kappa shape index (κ1) is 26.5. The summed E-state index contributed by atoms with van der Waals surface area (Å²) in [6.45, 7) is 8.03. The molecule has 6 rings (SSSR count). The van der Waals surface area contributed by atoms with E-state index < -0.39 is 11.9 Å². The Morgan fingerprint density at radius 1 is 1.02 bits per heavy atom. The van der Waals surface area contributed by atoms with Crippen LogP contribution in [0.4, 0.5) is 19.0 Å². The summed E-state index contributed by atoms with van der Waals surface area (Å²) >= 11 is 0. The molecule has 0 spiro atoms. The molecule has 2 aliphatic heterocycles. The van der Waals surface area contributed by atoms with Gasteiger partial charge in [-0.05, 0) is 17.0 Å². The highest BCUT2D eigenvalue weighted by molar-refractivity contribution is 5.65. The Morgan fingerprint density at radius 2 is 1.77 bits per heavy atom. The molecule has 1 saturated heterocycles. The maximum atomic E-state index is 13.1. The lowest BCUT2D eigenvalue weighted by atomic mass is 9.96. The summed E-state index contributed by atoms with van der Waals surface area (Å²) in [5, 5.41) is 3.53. The van der Waals surface area contributed by atoms with Gasteiger partial charge in [0.2, 0.25) is 0 Å². The Bertz CT molecular complexity index is 1530. The average Bonchev–Trinajstić information content (AvgIpc) is 3.50. The number of aryl methyl sites for hydroxylation is 1. The smallest absolute Gasteiger partial charge is 0.372 e. The lowest BCUT2D eigenvalue weighted by Gasteiger charge is -2.15. The van der Waals surface area contributed by atoms with Crippen LogP contribution in [0.15, 0.2) is 54.7 Å². The van der Waals surface area contributed by atoms with Crippen LogP contribution in [0.2, 0.25) is 0 Å². The third-order valence-corrected chi connectivity index (χ3v) is 7.37. The number of nitrogens with zero attached hydrogens (tertiary/aromatic N) is 5. The Labute approximate surface area is 231 Å². The molecule has 1 N–H and O–H groups in total. The molecule has 0 aliphatic carbocycles. The van der Waals surface area contributed by atoms with Crippen LogP contribution in [0.1, 0.15) is 47.8 Å². The van der Waals surface area contributed by atoms with Gasteiger partial charge < -0.3 is 14.6 Å². The molecular formula is C30H31F3N6O. The monoisotopic (exact) mass is 548 g/mol. The second-order valence-corrected chi connectivity index (χ2v) is 10.8. The molecule has 2 aromatic heterocycles. The fourth-order valence-electron chi connectivity index (χ4n) is 5.21. The standard InChI is InChI=1S/C30H31F3N6O/c1-18(2)22-6-4-5-7-23(22)28-35-25-15-39(13-21-17-40-21)14-24(25)27(37-28)34-12-19-8-10-20(11-9-19)29-36-26(16-38(29)3)30(31,32)33/h4-11,16,18,21H,12-15,17H2,1-3H3,(H,34,35,37). The molecule has 10 heteroatoms. The van der Waals surface area contributed by atoms with Crippen LogP contribution < -0.4 is 5.32 Å². The molecule has 0 bridgehead atoms. The molecule has 1 fully saturated rings. The first-order valence-corrected chi connectivity index (χ1v) is 13.4. The zero-order valence-electron chi connectivity index (χ0n) is 22.7. The summed E-state index contributed by atoms with van der Waals surface area (Å²) in [4.78, 5) is 16.2. The second kappa shape index (κ2) is 10.3. The topological polar surface area (TPSA) is 71.4 Å². The largest absolute Gasteiger partial charge is 0.434 e. The number of benzene rings is 2. The lowest BCUT2D eigenvalue weighted by molar-refractivity contribution is -0.140. The van der Waals surface area contributed by atoms with Gasteiger partial charge >= 0.3 is 6.18 Å². The summed E-state index contributed by atoms with van der Waals surface area (Å²) < 4.78 is 46.2. The van der Waals surface area contributed by atoms with E-state index in [9.17, 15) is 13.2 Å². The SMILES string of the molecule is CC(C)c1ccccc1-c1nc2c(c(NCc3ccc(-c4nc(C(F)(F)F)cn4C)cc3)n1)CN(CC1CO1)C2. The number of aromatic nitrogens is 4. The van der Waals surface area contributed by atoms with Crippen molar-refractivity contribution in [3.63, 3.8) is 0 Å². The van der Waals surface area contributed by atoms with Gasteiger partial charge in [0.1, 0.15) is 11.6 Å². The molecule has 7 nitrogen and oxygen atoms in total. The van der Waals surface area contributed by atoms with Crippen molar-refractivity contribution in [3.05, 3.63) is 82.8 Å². The van der Waals surface area contributed by atoms with E-state index in [1.807, 2.05) is 24.3 Å². The van der Waals surface area contributed by atoms with Crippen molar-refractivity contribution in [2.45, 2.75) is 51.7 Å². The number of ether oxygens (including phenoxy) is 1. The fraction of sp³-hybridized carbons (Fsp3) is 0.367. The van der Waals surface area contributed by atoms with E-state index in [0.29, 0.717) is 30.0 Å². The van der Waals surface area contributed by atoms with Crippen LogP contribution in [0.5, 0.6) is 0 Å².